The molecule has 0 heterocycles. The molecular formula is C11H13F3N2O3. The SMILES string of the molecule is O=C(Nc1cc(F)c(F)cc1F)N(CCO)CCO. The summed E-state index contributed by atoms with van der Waals surface area (Å²) in [6.45, 7) is -0.878. The zero-order valence-corrected chi connectivity index (χ0v) is 9.87. The van der Waals surface area contributed by atoms with Crippen LogP contribution in [0, 0.1) is 17.5 Å². The first-order valence-corrected chi connectivity index (χ1v) is 5.41. The number of urea groups is 1. The molecule has 0 aliphatic carbocycles. The summed E-state index contributed by atoms with van der Waals surface area (Å²) in [6.07, 6.45) is 0. The molecule has 0 atom stereocenters. The van der Waals surface area contributed by atoms with Crippen molar-refractivity contribution in [1.82, 2.24) is 4.90 Å². The van der Waals surface area contributed by atoms with Crippen LogP contribution in [0.3, 0.4) is 0 Å². The molecule has 0 aromatic heterocycles. The van der Waals surface area contributed by atoms with Crippen molar-refractivity contribution in [3.63, 3.8) is 0 Å². The predicted molar refractivity (Wildman–Crippen MR) is 61.1 cm³/mol. The summed E-state index contributed by atoms with van der Waals surface area (Å²) in [5.41, 5.74) is -0.523. The first kappa shape index (κ1) is 15.3. The fourth-order valence-corrected chi connectivity index (χ4v) is 1.37. The first-order valence-electron chi connectivity index (χ1n) is 5.41. The van der Waals surface area contributed by atoms with Gasteiger partial charge in [0.25, 0.3) is 0 Å². The lowest BCUT2D eigenvalue weighted by Gasteiger charge is -2.21. The molecule has 0 fully saturated rings. The van der Waals surface area contributed by atoms with Crippen LogP contribution in [-0.4, -0.2) is 47.4 Å². The second kappa shape index (κ2) is 6.95. The van der Waals surface area contributed by atoms with E-state index in [9.17, 15) is 18.0 Å². The van der Waals surface area contributed by atoms with Crippen LogP contribution < -0.4 is 5.32 Å². The number of hydrogen-bond donors (Lipinski definition) is 3. The third kappa shape index (κ3) is 4.11. The first-order chi connectivity index (χ1) is 8.99. The molecule has 0 aliphatic rings. The van der Waals surface area contributed by atoms with Gasteiger partial charge in [-0.1, -0.05) is 0 Å². The highest BCUT2D eigenvalue weighted by Gasteiger charge is 2.16. The Kier molecular flexibility index (Phi) is 5.58. The number of hydrogen-bond acceptors (Lipinski definition) is 3. The largest absolute Gasteiger partial charge is 0.395 e. The van der Waals surface area contributed by atoms with Gasteiger partial charge < -0.3 is 20.4 Å². The van der Waals surface area contributed by atoms with E-state index in [1.807, 2.05) is 5.32 Å². The van der Waals surface area contributed by atoms with E-state index < -0.39 is 29.2 Å². The number of carbonyl (C=O) groups is 1. The third-order valence-corrected chi connectivity index (χ3v) is 2.28. The highest BCUT2D eigenvalue weighted by molar-refractivity contribution is 5.89. The zero-order chi connectivity index (χ0) is 14.4. The molecule has 0 spiro atoms. The van der Waals surface area contributed by atoms with Crippen molar-refractivity contribution in [1.29, 1.82) is 0 Å². The van der Waals surface area contributed by atoms with Crippen LogP contribution >= 0.6 is 0 Å². The number of benzene rings is 1. The molecule has 3 N–H and O–H groups in total. The van der Waals surface area contributed by atoms with E-state index in [1.54, 1.807) is 0 Å². The second-order valence-corrected chi connectivity index (χ2v) is 3.61. The Morgan fingerprint density at radius 2 is 1.58 bits per heavy atom. The molecule has 1 aromatic carbocycles. The standard InChI is InChI=1S/C11H13F3N2O3/c12-7-5-9(14)10(6-8(7)13)15-11(19)16(1-3-17)2-4-18/h5-6,17-18H,1-4H2,(H,15,19). The molecule has 0 bridgehead atoms. The summed E-state index contributed by atoms with van der Waals surface area (Å²) in [4.78, 5) is 12.7. The highest BCUT2D eigenvalue weighted by Crippen LogP contribution is 2.18. The number of aliphatic hydroxyl groups excluding tert-OH is 2. The molecule has 5 nitrogen and oxygen atoms in total. The van der Waals surface area contributed by atoms with Crippen LogP contribution in [0.4, 0.5) is 23.7 Å². The molecule has 19 heavy (non-hydrogen) atoms. The van der Waals surface area contributed by atoms with E-state index in [0.29, 0.717) is 12.1 Å². The number of carbonyl (C=O) groups excluding carboxylic acids is 1. The fraction of sp³-hybridized carbons (Fsp3) is 0.364. The maximum atomic E-state index is 13.3. The molecule has 1 aromatic rings. The van der Waals surface area contributed by atoms with Crippen LogP contribution in [0.25, 0.3) is 0 Å². The Labute approximate surface area is 107 Å². The molecule has 0 radical (unpaired) electrons. The summed E-state index contributed by atoms with van der Waals surface area (Å²) in [7, 11) is 0. The van der Waals surface area contributed by atoms with Gasteiger partial charge in [0.15, 0.2) is 11.6 Å². The zero-order valence-electron chi connectivity index (χ0n) is 9.87. The van der Waals surface area contributed by atoms with Crippen molar-refractivity contribution in [3.05, 3.63) is 29.6 Å². The maximum absolute atomic E-state index is 13.3. The van der Waals surface area contributed by atoms with Gasteiger partial charge in [0.1, 0.15) is 5.82 Å². The summed E-state index contributed by atoms with van der Waals surface area (Å²) in [5.74, 6) is -3.79. The number of nitrogens with one attached hydrogen (secondary N) is 1. The molecule has 0 saturated carbocycles. The molecular weight excluding hydrogens is 265 g/mol. The Hall–Kier alpha value is -1.80. The fourth-order valence-electron chi connectivity index (χ4n) is 1.37. The lowest BCUT2D eigenvalue weighted by molar-refractivity contribution is 0.167. The van der Waals surface area contributed by atoms with Crippen molar-refractivity contribution in [3.8, 4) is 0 Å². The van der Waals surface area contributed by atoms with Crippen LogP contribution in [0.15, 0.2) is 12.1 Å². The predicted octanol–water partition coefficient (Wildman–Crippen LogP) is 0.922. The molecule has 8 heteroatoms. The van der Waals surface area contributed by atoms with Gasteiger partial charge in [0, 0.05) is 25.2 Å². The lowest BCUT2D eigenvalue weighted by Crippen LogP contribution is -2.39. The Morgan fingerprint density at radius 1 is 1.05 bits per heavy atom. The summed E-state index contributed by atoms with van der Waals surface area (Å²) in [6, 6.07) is -0.0144. The van der Waals surface area contributed by atoms with Gasteiger partial charge >= 0.3 is 6.03 Å². The van der Waals surface area contributed by atoms with Gasteiger partial charge in [0.2, 0.25) is 0 Å². The number of anilines is 1. The Bertz CT molecular complexity index is 451. The van der Waals surface area contributed by atoms with E-state index >= 15 is 0 Å². The number of halogens is 3. The minimum absolute atomic E-state index is 0.0856. The number of amides is 2. The van der Waals surface area contributed by atoms with Gasteiger partial charge in [-0.25, -0.2) is 18.0 Å². The van der Waals surface area contributed by atoms with Gasteiger partial charge in [-0.2, -0.15) is 0 Å². The average molecular weight is 278 g/mol. The summed E-state index contributed by atoms with van der Waals surface area (Å²) in [5, 5.41) is 19.5. The highest BCUT2D eigenvalue weighted by atomic mass is 19.2. The van der Waals surface area contributed by atoms with Gasteiger partial charge in [-0.05, 0) is 0 Å². The number of rotatable bonds is 5. The minimum Gasteiger partial charge on any atom is -0.395 e. The van der Waals surface area contributed by atoms with E-state index in [2.05, 4.69) is 0 Å². The monoisotopic (exact) mass is 278 g/mol. The Balaban J connectivity index is 2.83. The van der Waals surface area contributed by atoms with Crippen LogP contribution in [-0.2, 0) is 0 Å². The Morgan fingerprint density at radius 3 is 2.11 bits per heavy atom. The van der Waals surface area contributed by atoms with Crippen molar-refractivity contribution in [2.45, 2.75) is 0 Å². The molecule has 106 valence electrons. The molecule has 0 aliphatic heterocycles. The van der Waals surface area contributed by atoms with Crippen LogP contribution in [0.2, 0.25) is 0 Å². The summed E-state index contributed by atoms with van der Waals surface area (Å²) < 4.78 is 38.9. The van der Waals surface area contributed by atoms with E-state index in [1.165, 1.54) is 0 Å². The van der Waals surface area contributed by atoms with Gasteiger partial charge in [-0.3, -0.25) is 0 Å². The van der Waals surface area contributed by atoms with E-state index in [-0.39, 0.29) is 26.3 Å². The van der Waals surface area contributed by atoms with Gasteiger partial charge in [-0.15, -0.1) is 0 Å². The number of aliphatic hydroxyl groups is 2. The quantitative estimate of drug-likeness (QED) is 0.701. The van der Waals surface area contributed by atoms with Crippen molar-refractivity contribution in [2.75, 3.05) is 31.6 Å². The van der Waals surface area contributed by atoms with Crippen LogP contribution in [0.1, 0.15) is 0 Å². The van der Waals surface area contributed by atoms with Crippen molar-refractivity contribution in [2.24, 2.45) is 0 Å². The normalized spacial score (nSPS) is 10.4. The lowest BCUT2D eigenvalue weighted by atomic mass is 10.3. The third-order valence-electron chi connectivity index (χ3n) is 2.28. The average Bonchev–Trinajstić information content (AvgIpc) is 2.35. The van der Waals surface area contributed by atoms with E-state index in [4.69, 9.17) is 10.2 Å². The van der Waals surface area contributed by atoms with Crippen LogP contribution in [0.5, 0.6) is 0 Å². The summed E-state index contributed by atoms with van der Waals surface area (Å²) >= 11 is 0. The van der Waals surface area contributed by atoms with E-state index in [0.717, 1.165) is 4.90 Å². The van der Waals surface area contributed by atoms with Crippen molar-refractivity contribution >= 4 is 11.7 Å². The molecule has 1 rings (SSSR count). The second-order valence-electron chi connectivity index (χ2n) is 3.61. The van der Waals surface area contributed by atoms with Gasteiger partial charge in [0.05, 0.1) is 18.9 Å². The maximum Gasteiger partial charge on any atom is 0.322 e. The molecule has 0 unspecified atom stereocenters. The minimum atomic E-state index is -1.36. The smallest absolute Gasteiger partial charge is 0.322 e. The molecule has 0 saturated heterocycles. The molecule has 2 amide bonds. The number of nitrogens with zero attached hydrogens (tertiary/aromatic N) is 1. The topological polar surface area (TPSA) is 72.8 Å². The van der Waals surface area contributed by atoms with Crippen molar-refractivity contribution < 1.29 is 28.2 Å².